The predicted octanol–water partition coefficient (Wildman–Crippen LogP) is 5.61. The lowest BCUT2D eigenvalue weighted by atomic mass is 9.95. The summed E-state index contributed by atoms with van der Waals surface area (Å²) in [5, 5.41) is 11.2. The molecule has 1 fully saturated rings. The van der Waals surface area contributed by atoms with Crippen LogP contribution in [0, 0.1) is 6.92 Å². The van der Waals surface area contributed by atoms with Gasteiger partial charge in [-0.3, -0.25) is 9.59 Å². The first-order chi connectivity index (χ1) is 19.4. The first-order valence-corrected chi connectivity index (χ1v) is 13.9. The van der Waals surface area contributed by atoms with E-state index in [0.29, 0.717) is 31.1 Å². The Balaban J connectivity index is 1.53. The van der Waals surface area contributed by atoms with Crippen molar-refractivity contribution in [2.45, 2.75) is 33.2 Å². The summed E-state index contributed by atoms with van der Waals surface area (Å²) in [6.07, 6.45) is 0.721. The third kappa shape index (κ3) is 6.72. The zero-order valence-electron chi connectivity index (χ0n) is 23.5. The van der Waals surface area contributed by atoms with Crippen LogP contribution in [0.25, 0.3) is 5.76 Å². The van der Waals surface area contributed by atoms with Crippen LogP contribution in [-0.2, 0) is 9.59 Å². The van der Waals surface area contributed by atoms with E-state index in [0.717, 1.165) is 42.9 Å². The number of amides is 1. The van der Waals surface area contributed by atoms with Gasteiger partial charge in [0.25, 0.3) is 11.7 Å². The monoisotopic (exact) mass is 542 g/mol. The molecule has 7 nitrogen and oxygen atoms in total. The Bertz CT molecular complexity index is 1320. The fourth-order valence-corrected chi connectivity index (χ4v) is 4.99. The van der Waals surface area contributed by atoms with Crippen molar-refractivity contribution in [3.8, 4) is 11.5 Å². The number of carbonyl (C=O) groups excluding carboxylic acids is 2. The van der Waals surface area contributed by atoms with Crippen LogP contribution < -0.4 is 9.47 Å². The normalized spacial score (nSPS) is 16.5. The van der Waals surface area contributed by atoms with Crippen LogP contribution in [-0.4, -0.2) is 66.0 Å². The van der Waals surface area contributed by atoms with Gasteiger partial charge in [-0.25, -0.2) is 0 Å². The largest absolute Gasteiger partial charge is 0.507 e. The molecule has 0 bridgehead atoms. The maximum Gasteiger partial charge on any atom is 0.295 e. The van der Waals surface area contributed by atoms with Gasteiger partial charge in [0.05, 0.1) is 11.6 Å². The van der Waals surface area contributed by atoms with Crippen LogP contribution in [0.1, 0.15) is 43.0 Å². The number of ketones is 1. The smallest absolute Gasteiger partial charge is 0.295 e. The Hall–Kier alpha value is -4.10. The Morgan fingerprint density at radius 2 is 1.52 bits per heavy atom. The fourth-order valence-electron chi connectivity index (χ4n) is 4.99. The third-order valence-electron chi connectivity index (χ3n) is 7.25. The molecule has 3 aromatic rings. The van der Waals surface area contributed by atoms with Crippen molar-refractivity contribution in [3.63, 3.8) is 0 Å². The average molecular weight is 543 g/mol. The van der Waals surface area contributed by atoms with Gasteiger partial charge < -0.3 is 24.4 Å². The average Bonchev–Trinajstić information content (AvgIpc) is 3.24. The van der Waals surface area contributed by atoms with Crippen molar-refractivity contribution in [1.29, 1.82) is 0 Å². The molecule has 1 aliphatic rings. The van der Waals surface area contributed by atoms with Crippen molar-refractivity contribution in [1.82, 2.24) is 9.80 Å². The summed E-state index contributed by atoms with van der Waals surface area (Å²) in [7, 11) is 0. The molecule has 0 saturated carbocycles. The van der Waals surface area contributed by atoms with Gasteiger partial charge in [-0.2, -0.15) is 0 Å². The van der Waals surface area contributed by atoms with Crippen LogP contribution in [0.5, 0.6) is 11.5 Å². The highest BCUT2D eigenvalue weighted by Crippen LogP contribution is 2.39. The number of para-hydroxylation sites is 1. The van der Waals surface area contributed by atoms with E-state index < -0.39 is 17.7 Å². The van der Waals surface area contributed by atoms with E-state index in [1.54, 1.807) is 29.2 Å². The molecule has 210 valence electrons. The van der Waals surface area contributed by atoms with Gasteiger partial charge in [0.15, 0.2) is 0 Å². The number of aryl methyl sites for hydroxylation is 1. The molecule has 1 aliphatic heterocycles. The van der Waals surface area contributed by atoms with Crippen molar-refractivity contribution in [2.24, 2.45) is 0 Å². The highest BCUT2D eigenvalue weighted by molar-refractivity contribution is 6.46. The van der Waals surface area contributed by atoms with Crippen molar-refractivity contribution in [3.05, 3.63) is 101 Å². The number of hydrogen-bond acceptors (Lipinski definition) is 6. The topological polar surface area (TPSA) is 79.3 Å². The first-order valence-electron chi connectivity index (χ1n) is 13.9. The third-order valence-corrected chi connectivity index (χ3v) is 7.25. The maximum atomic E-state index is 13.2. The van der Waals surface area contributed by atoms with Gasteiger partial charge in [0, 0.05) is 12.1 Å². The molecule has 0 spiro atoms. The summed E-state index contributed by atoms with van der Waals surface area (Å²) in [5.74, 6) is 0.0665. The molecule has 1 N–H and O–H groups in total. The van der Waals surface area contributed by atoms with Gasteiger partial charge in [-0.05, 0) is 62.3 Å². The van der Waals surface area contributed by atoms with Gasteiger partial charge in [0.2, 0.25) is 0 Å². The summed E-state index contributed by atoms with van der Waals surface area (Å²) >= 11 is 0. The number of aliphatic hydroxyl groups excluding tert-OH is 1. The molecule has 3 aromatic carbocycles. The molecule has 0 unspecified atom stereocenters. The molecular weight excluding hydrogens is 504 g/mol. The zero-order valence-corrected chi connectivity index (χ0v) is 23.5. The molecule has 1 heterocycles. The molecule has 40 heavy (non-hydrogen) atoms. The molecule has 1 amide bonds. The lowest BCUT2D eigenvalue weighted by molar-refractivity contribution is -0.140. The minimum absolute atomic E-state index is 0.110. The van der Waals surface area contributed by atoms with Crippen LogP contribution in [0.2, 0.25) is 0 Å². The van der Waals surface area contributed by atoms with Crippen LogP contribution in [0.15, 0.2) is 84.4 Å². The lowest BCUT2D eigenvalue weighted by Gasteiger charge is -2.27. The van der Waals surface area contributed by atoms with Gasteiger partial charge in [0.1, 0.15) is 30.5 Å². The second kappa shape index (κ2) is 13.8. The summed E-state index contributed by atoms with van der Waals surface area (Å²) in [5.41, 5.74) is 2.42. The Kier molecular flexibility index (Phi) is 9.97. The highest BCUT2D eigenvalue weighted by Gasteiger charge is 2.45. The standard InChI is InChI=1S/C33H38N2O5/c1-4-34(5-2)20-11-21-35-30(29(32(37)33(35)38)31(36)26-13-7-6-8-14-26)25-16-18-27(19-17-25)39-22-23-40-28-15-10-9-12-24(28)3/h6-10,12-19,30,36H,4-5,11,20-23H2,1-3H3/t30-/m0/s1. The number of Topliss-reactive ketones (excluding diaryl/α,β-unsaturated/α-hetero) is 1. The van der Waals surface area contributed by atoms with E-state index in [-0.39, 0.29) is 11.3 Å². The molecular formula is C33H38N2O5. The van der Waals surface area contributed by atoms with E-state index in [9.17, 15) is 14.7 Å². The SMILES string of the molecule is CCN(CC)CCCN1C(=O)C(=O)C(=C(O)c2ccccc2)[C@@H]1c1ccc(OCCOc2ccccc2C)cc1. The minimum Gasteiger partial charge on any atom is -0.507 e. The number of likely N-dealkylation sites (tertiary alicyclic amines) is 1. The number of rotatable bonds is 13. The number of hydrogen-bond donors (Lipinski definition) is 1. The molecule has 0 aliphatic carbocycles. The Morgan fingerprint density at radius 3 is 2.20 bits per heavy atom. The molecule has 1 saturated heterocycles. The van der Waals surface area contributed by atoms with E-state index in [1.807, 2.05) is 61.5 Å². The molecule has 0 aromatic heterocycles. The van der Waals surface area contributed by atoms with E-state index in [2.05, 4.69) is 18.7 Å². The number of nitrogens with zero attached hydrogens (tertiary/aromatic N) is 2. The number of benzene rings is 3. The second-order valence-electron chi connectivity index (χ2n) is 9.77. The summed E-state index contributed by atoms with van der Waals surface area (Å²) < 4.78 is 11.7. The van der Waals surface area contributed by atoms with Gasteiger partial charge in [-0.15, -0.1) is 0 Å². The van der Waals surface area contributed by atoms with Gasteiger partial charge >= 0.3 is 0 Å². The molecule has 1 atom stereocenters. The van der Waals surface area contributed by atoms with Crippen molar-refractivity contribution in [2.75, 3.05) is 39.4 Å². The minimum atomic E-state index is -0.685. The van der Waals surface area contributed by atoms with E-state index in [4.69, 9.17) is 9.47 Å². The number of ether oxygens (including phenoxy) is 2. The number of aliphatic hydroxyl groups is 1. The molecule has 7 heteroatoms. The van der Waals surface area contributed by atoms with E-state index >= 15 is 0 Å². The molecule has 4 rings (SSSR count). The maximum absolute atomic E-state index is 13.2. The first kappa shape index (κ1) is 28.9. The quantitative estimate of drug-likeness (QED) is 0.131. The summed E-state index contributed by atoms with van der Waals surface area (Å²) in [6, 6.07) is 23.4. The zero-order chi connectivity index (χ0) is 28.5. The van der Waals surface area contributed by atoms with Crippen molar-refractivity contribution < 1.29 is 24.2 Å². The Labute approximate surface area is 236 Å². The second-order valence-corrected chi connectivity index (χ2v) is 9.77. The lowest BCUT2D eigenvalue weighted by Crippen LogP contribution is -2.33. The van der Waals surface area contributed by atoms with Crippen molar-refractivity contribution >= 4 is 17.4 Å². The fraction of sp³-hybridized carbons (Fsp3) is 0.333. The molecule has 0 radical (unpaired) electrons. The highest BCUT2D eigenvalue weighted by atomic mass is 16.5. The predicted molar refractivity (Wildman–Crippen MR) is 156 cm³/mol. The summed E-state index contributed by atoms with van der Waals surface area (Å²) in [4.78, 5) is 30.3. The number of carbonyl (C=O) groups is 2. The van der Waals surface area contributed by atoms with Crippen LogP contribution in [0.3, 0.4) is 0 Å². The van der Waals surface area contributed by atoms with Gasteiger partial charge in [-0.1, -0.05) is 74.5 Å². The van der Waals surface area contributed by atoms with Crippen LogP contribution >= 0.6 is 0 Å². The Morgan fingerprint density at radius 1 is 0.875 bits per heavy atom. The van der Waals surface area contributed by atoms with E-state index in [1.165, 1.54) is 0 Å². The summed E-state index contributed by atoms with van der Waals surface area (Å²) in [6.45, 7) is 10.0. The van der Waals surface area contributed by atoms with Crippen LogP contribution in [0.4, 0.5) is 0 Å².